The number of anilines is 1. The van der Waals surface area contributed by atoms with Crippen LogP contribution in [0.15, 0.2) is 35.1 Å². The predicted octanol–water partition coefficient (Wildman–Crippen LogP) is 1.69. The van der Waals surface area contributed by atoms with Gasteiger partial charge in [0.05, 0.1) is 12.8 Å². The van der Waals surface area contributed by atoms with Gasteiger partial charge in [-0.1, -0.05) is 11.3 Å². The van der Waals surface area contributed by atoms with Crippen molar-refractivity contribution >= 4 is 22.4 Å². The van der Waals surface area contributed by atoms with Crippen molar-refractivity contribution in [2.45, 2.75) is 13.2 Å². The van der Waals surface area contributed by atoms with E-state index in [4.69, 9.17) is 9.47 Å². The number of methoxy groups -OCH3 is 2. The van der Waals surface area contributed by atoms with Gasteiger partial charge in [-0.2, -0.15) is 5.10 Å². The average Bonchev–Trinajstić information content (AvgIpc) is 3.10. The molecule has 3 aromatic rings. The number of hydrogen-bond donors (Lipinski definition) is 1. The Morgan fingerprint density at radius 1 is 1.25 bits per heavy atom. The normalized spacial score (nSPS) is 10.7. The van der Waals surface area contributed by atoms with Gasteiger partial charge < -0.3 is 9.47 Å². The largest absolute Gasteiger partial charge is 0.497 e. The molecular weight excluding hydrogens is 389 g/mol. The van der Waals surface area contributed by atoms with Crippen LogP contribution in [0.1, 0.15) is 5.01 Å². The van der Waals surface area contributed by atoms with Crippen LogP contribution in [0.4, 0.5) is 9.52 Å². The fourth-order valence-corrected chi connectivity index (χ4v) is 3.05. The van der Waals surface area contributed by atoms with Gasteiger partial charge >= 0.3 is 0 Å². The maximum absolute atomic E-state index is 14.3. The summed E-state index contributed by atoms with van der Waals surface area (Å²) in [6, 6.07) is 6.90. The van der Waals surface area contributed by atoms with E-state index in [9.17, 15) is 14.0 Å². The number of nitrogens with one attached hydrogen (secondary N) is 1. The molecule has 1 aromatic carbocycles. The maximum atomic E-state index is 14.3. The molecule has 2 heterocycles. The Bertz CT molecular complexity index is 1050. The number of benzene rings is 1. The molecule has 146 valence electrons. The fraction of sp³-hybridized carbons (Fsp3) is 0.235. The summed E-state index contributed by atoms with van der Waals surface area (Å²) < 4.78 is 25.1. The minimum Gasteiger partial charge on any atom is -0.497 e. The Morgan fingerprint density at radius 3 is 2.79 bits per heavy atom. The van der Waals surface area contributed by atoms with Crippen LogP contribution in [-0.4, -0.2) is 40.1 Å². The first-order valence-corrected chi connectivity index (χ1v) is 8.85. The molecule has 0 atom stereocenters. The van der Waals surface area contributed by atoms with E-state index < -0.39 is 17.3 Å². The quantitative estimate of drug-likeness (QED) is 0.637. The van der Waals surface area contributed by atoms with Crippen LogP contribution in [0.5, 0.6) is 5.75 Å². The maximum Gasteiger partial charge on any atom is 0.267 e. The lowest BCUT2D eigenvalue weighted by Gasteiger charge is -2.08. The number of nitrogens with zero attached hydrogens (tertiary/aromatic N) is 4. The second-order valence-corrected chi connectivity index (χ2v) is 6.60. The summed E-state index contributed by atoms with van der Waals surface area (Å²) in [6.07, 6.45) is 0. The zero-order valence-electron chi connectivity index (χ0n) is 15.0. The number of rotatable bonds is 7. The Labute approximate surface area is 162 Å². The number of aromatic nitrogens is 4. The molecule has 1 N–H and O–H groups in total. The third kappa shape index (κ3) is 4.56. The highest BCUT2D eigenvalue weighted by Crippen LogP contribution is 2.24. The first-order chi connectivity index (χ1) is 13.5. The SMILES string of the molecule is COCc1nnc(NC(=O)Cn2nc(-c3ccc(OC)cc3F)ccc2=O)s1. The molecule has 11 heteroatoms. The monoisotopic (exact) mass is 405 g/mol. The molecule has 9 nitrogen and oxygen atoms in total. The zero-order valence-corrected chi connectivity index (χ0v) is 15.8. The van der Waals surface area contributed by atoms with E-state index in [0.717, 1.165) is 16.0 Å². The predicted molar refractivity (Wildman–Crippen MR) is 99.7 cm³/mol. The fourth-order valence-electron chi connectivity index (χ4n) is 2.32. The third-order valence-corrected chi connectivity index (χ3v) is 4.41. The lowest BCUT2D eigenvalue weighted by Crippen LogP contribution is -2.29. The van der Waals surface area contributed by atoms with Gasteiger partial charge in [-0.25, -0.2) is 9.07 Å². The van der Waals surface area contributed by atoms with Crippen LogP contribution < -0.4 is 15.6 Å². The molecular formula is C17H16FN5O4S. The van der Waals surface area contributed by atoms with Crippen molar-refractivity contribution in [1.29, 1.82) is 0 Å². The Kier molecular flexibility index (Phi) is 6.06. The average molecular weight is 405 g/mol. The number of amides is 1. The minimum atomic E-state index is -0.555. The van der Waals surface area contributed by atoms with Gasteiger partial charge in [0.2, 0.25) is 11.0 Å². The highest BCUT2D eigenvalue weighted by molar-refractivity contribution is 7.15. The molecule has 0 unspecified atom stereocenters. The number of ether oxygens (including phenoxy) is 2. The molecule has 3 rings (SSSR count). The molecule has 2 aromatic heterocycles. The van der Waals surface area contributed by atoms with E-state index in [2.05, 4.69) is 20.6 Å². The second-order valence-electron chi connectivity index (χ2n) is 5.54. The zero-order chi connectivity index (χ0) is 20.1. The van der Waals surface area contributed by atoms with Crippen LogP contribution in [0.2, 0.25) is 0 Å². The van der Waals surface area contributed by atoms with Crippen molar-refractivity contribution in [3.8, 4) is 17.0 Å². The topological polar surface area (TPSA) is 108 Å². The Morgan fingerprint density at radius 2 is 2.07 bits per heavy atom. The molecule has 0 aliphatic heterocycles. The van der Waals surface area contributed by atoms with Gasteiger partial charge in [-0.05, 0) is 18.2 Å². The van der Waals surface area contributed by atoms with Crippen LogP contribution >= 0.6 is 11.3 Å². The standard InChI is InChI=1S/C17H16FN5O4S/c1-26-9-15-20-21-17(28-15)19-14(24)8-23-16(25)6-5-13(22-23)11-4-3-10(27-2)7-12(11)18/h3-7H,8-9H2,1-2H3,(H,19,21,24). The van der Waals surface area contributed by atoms with Crippen molar-refractivity contribution in [3.63, 3.8) is 0 Å². The molecule has 1 amide bonds. The van der Waals surface area contributed by atoms with Gasteiger partial charge in [0.1, 0.15) is 29.7 Å². The summed E-state index contributed by atoms with van der Waals surface area (Å²) in [4.78, 5) is 24.2. The lowest BCUT2D eigenvalue weighted by atomic mass is 10.1. The van der Waals surface area contributed by atoms with Crippen LogP contribution in [-0.2, 0) is 22.7 Å². The van der Waals surface area contributed by atoms with Crippen molar-refractivity contribution in [3.05, 3.63) is 51.5 Å². The van der Waals surface area contributed by atoms with Crippen molar-refractivity contribution in [2.24, 2.45) is 0 Å². The molecule has 0 fully saturated rings. The van der Waals surface area contributed by atoms with Gasteiger partial charge in [0.15, 0.2) is 0 Å². The van der Waals surface area contributed by atoms with Gasteiger partial charge in [-0.3, -0.25) is 14.9 Å². The minimum absolute atomic E-state index is 0.184. The Balaban J connectivity index is 1.77. The van der Waals surface area contributed by atoms with Crippen molar-refractivity contribution in [1.82, 2.24) is 20.0 Å². The molecule has 0 radical (unpaired) electrons. The molecule has 0 aliphatic rings. The molecule has 0 saturated heterocycles. The summed E-state index contributed by atoms with van der Waals surface area (Å²) in [6.45, 7) is -0.0757. The highest BCUT2D eigenvalue weighted by Gasteiger charge is 2.13. The third-order valence-electron chi connectivity index (χ3n) is 3.59. The van der Waals surface area contributed by atoms with Crippen LogP contribution in [0.25, 0.3) is 11.3 Å². The molecule has 0 aliphatic carbocycles. The molecule has 0 saturated carbocycles. The van der Waals surface area contributed by atoms with Gasteiger partial charge in [-0.15, -0.1) is 10.2 Å². The number of carbonyl (C=O) groups is 1. The number of halogens is 1. The summed E-state index contributed by atoms with van der Waals surface area (Å²) in [7, 11) is 2.96. The van der Waals surface area contributed by atoms with E-state index in [1.54, 1.807) is 6.07 Å². The van der Waals surface area contributed by atoms with E-state index in [-0.39, 0.29) is 29.5 Å². The van der Waals surface area contributed by atoms with Crippen LogP contribution in [0, 0.1) is 5.82 Å². The van der Waals surface area contributed by atoms with Gasteiger partial charge in [0, 0.05) is 24.8 Å². The summed E-state index contributed by atoms with van der Waals surface area (Å²) in [5.74, 6) is -0.707. The van der Waals surface area contributed by atoms with Gasteiger partial charge in [0.25, 0.3) is 5.56 Å². The van der Waals surface area contributed by atoms with Crippen molar-refractivity contribution < 1.29 is 18.7 Å². The summed E-state index contributed by atoms with van der Waals surface area (Å²) in [5.41, 5.74) is -0.0979. The van der Waals surface area contributed by atoms with E-state index >= 15 is 0 Å². The second kappa shape index (κ2) is 8.67. The first kappa shape index (κ1) is 19.6. The van der Waals surface area contributed by atoms with E-state index in [0.29, 0.717) is 10.8 Å². The molecule has 28 heavy (non-hydrogen) atoms. The highest BCUT2D eigenvalue weighted by atomic mass is 32.1. The summed E-state index contributed by atoms with van der Waals surface area (Å²) >= 11 is 1.16. The Hall–Kier alpha value is -3.18. The lowest BCUT2D eigenvalue weighted by molar-refractivity contribution is -0.117. The molecule has 0 bridgehead atoms. The molecule has 0 spiro atoms. The van der Waals surface area contributed by atoms with Crippen molar-refractivity contribution in [2.75, 3.05) is 19.5 Å². The van der Waals surface area contributed by atoms with Crippen LogP contribution in [0.3, 0.4) is 0 Å². The van der Waals surface area contributed by atoms with E-state index in [1.807, 2.05) is 0 Å². The van der Waals surface area contributed by atoms with E-state index in [1.165, 1.54) is 38.5 Å². The summed E-state index contributed by atoms with van der Waals surface area (Å²) in [5, 5.41) is 15.2. The smallest absolute Gasteiger partial charge is 0.267 e. The number of hydrogen-bond acceptors (Lipinski definition) is 8. The number of carbonyl (C=O) groups excluding carboxylic acids is 1. The first-order valence-electron chi connectivity index (χ1n) is 8.03.